The van der Waals surface area contributed by atoms with E-state index in [2.05, 4.69) is 13.0 Å². The summed E-state index contributed by atoms with van der Waals surface area (Å²) in [5.74, 6) is 2.57. The van der Waals surface area contributed by atoms with Gasteiger partial charge in [-0.15, -0.1) is 0 Å². The SMILES string of the molecule is CCC12CC(O)C3C4=C(CCC3C1CCC2O)CC(OC)=CC4. The predicted molar refractivity (Wildman–Crippen MR) is 89.6 cm³/mol. The van der Waals surface area contributed by atoms with E-state index in [9.17, 15) is 10.2 Å². The van der Waals surface area contributed by atoms with Gasteiger partial charge < -0.3 is 14.9 Å². The third kappa shape index (κ3) is 2.16. The van der Waals surface area contributed by atoms with E-state index in [1.165, 1.54) is 17.6 Å². The Bertz CT molecular complexity index is 549. The van der Waals surface area contributed by atoms with Gasteiger partial charge in [-0.25, -0.2) is 0 Å². The van der Waals surface area contributed by atoms with Crippen LogP contribution in [0.15, 0.2) is 23.0 Å². The maximum atomic E-state index is 11.0. The number of rotatable bonds is 2. The summed E-state index contributed by atoms with van der Waals surface area (Å²) < 4.78 is 5.45. The fourth-order valence-electron chi connectivity index (χ4n) is 6.53. The van der Waals surface area contributed by atoms with Crippen LogP contribution < -0.4 is 0 Å². The average molecular weight is 318 g/mol. The Balaban J connectivity index is 1.67. The highest BCUT2D eigenvalue weighted by Gasteiger charge is 2.59. The summed E-state index contributed by atoms with van der Waals surface area (Å²) in [7, 11) is 1.76. The van der Waals surface area contributed by atoms with Crippen LogP contribution in [-0.4, -0.2) is 29.5 Å². The van der Waals surface area contributed by atoms with Crippen LogP contribution in [0, 0.1) is 23.2 Å². The minimum absolute atomic E-state index is 0.0269. The molecular formula is C20H30O3. The summed E-state index contributed by atoms with van der Waals surface area (Å²) in [5, 5.41) is 21.7. The van der Waals surface area contributed by atoms with E-state index in [4.69, 9.17) is 4.74 Å². The summed E-state index contributed by atoms with van der Waals surface area (Å²) in [6.07, 6.45) is 9.78. The number of ether oxygens (including phenoxy) is 1. The molecule has 0 aliphatic heterocycles. The Hall–Kier alpha value is -0.800. The van der Waals surface area contributed by atoms with Crippen LogP contribution in [0.3, 0.4) is 0 Å². The number of aliphatic hydroxyl groups is 2. The molecule has 0 bridgehead atoms. The molecule has 0 amide bonds. The summed E-state index contributed by atoms with van der Waals surface area (Å²) in [5.41, 5.74) is 2.99. The summed E-state index contributed by atoms with van der Waals surface area (Å²) in [6, 6.07) is 0. The van der Waals surface area contributed by atoms with E-state index >= 15 is 0 Å². The molecule has 3 nitrogen and oxygen atoms in total. The lowest BCUT2D eigenvalue weighted by Gasteiger charge is -2.54. The molecule has 0 saturated heterocycles. The molecule has 3 heteroatoms. The molecule has 2 fully saturated rings. The predicted octanol–water partition coefficient (Wildman–Crippen LogP) is 3.57. The standard InChI is InChI=1S/C20H30O3/c1-3-20-11-17(21)19-14-7-5-13(23-2)10-12(14)4-6-15(19)16(20)8-9-18(20)22/h5,15-19,21-22H,3-4,6-11H2,1-2H3. The zero-order valence-electron chi connectivity index (χ0n) is 14.4. The van der Waals surface area contributed by atoms with E-state index in [-0.39, 0.29) is 17.6 Å². The Morgan fingerprint density at radius 3 is 2.83 bits per heavy atom. The van der Waals surface area contributed by atoms with Crippen molar-refractivity contribution in [3.8, 4) is 0 Å². The van der Waals surface area contributed by atoms with Crippen molar-refractivity contribution in [3.05, 3.63) is 23.0 Å². The smallest absolute Gasteiger partial charge is 0.0959 e. The van der Waals surface area contributed by atoms with Gasteiger partial charge >= 0.3 is 0 Å². The van der Waals surface area contributed by atoms with E-state index in [0.29, 0.717) is 17.8 Å². The Morgan fingerprint density at radius 1 is 1.26 bits per heavy atom. The van der Waals surface area contributed by atoms with Crippen LogP contribution >= 0.6 is 0 Å². The van der Waals surface area contributed by atoms with Crippen molar-refractivity contribution in [2.45, 2.75) is 70.5 Å². The minimum Gasteiger partial charge on any atom is -0.501 e. The first-order valence-electron chi connectivity index (χ1n) is 9.40. The van der Waals surface area contributed by atoms with Crippen molar-refractivity contribution in [2.24, 2.45) is 23.2 Å². The molecule has 128 valence electrons. The van der Waals surface area contributed by atoms with Crippen molar-refractivity contribution < 1.29 is 14.9 Å². The zero-order valence-corrected chi connectivity index (χ0v) is 14.4. The monoisotopic (exact) mass is 318 g/mol. The molecule has 4 aliphatic carbocycles. The number of methoxy groups -OCH3 is 1. The molecule has 4 rings (SSSR count). The lowest BCUT2D eigenvalue weighted by Crippen LogP contribution is -2.52. The first-order chi connectivity index (χ1) is 11.1. The maximum absolute atomic E-state index is 11.0. The highest BCUT2D eigenvalue weighted by molar-refractivity contribution is 5.33. The van der Waals surface area contributed by atoms with Crippen LogP contribution in [0.2, 0.25) is 0 Å². The van der Waals surface area contributed by atoms with Gasteiger partial charge in [0.15, 0.2) is 0 Å². The van der Waals surface area contributed by atoms with Gasteiger partial charge in [-0.3, -0.25) is 0 Å². The molecule has 0 radical (unpaired) electrons. The number of allylic oxidation sites excluding steroid dienone is 2. The topological polar surface area (TPSA) is 49.7 Å². The average Bonchev–Trinajstić information content (AvgIpc) is 2.91. The van der Waals surface area contributed by atoms with E-state index < -0.39 is 0 Å². The fourth-order valence-corrected chi connectivity index (χ4v) is 6.53. The van der Waals surface area contributed by atoms with E-state index in [0.717, 1.165) is 50.7 Å². The van der Waals surface area contributed by atoms with Gasteiger partial charge in [0, 0.05) is 17.8 Å². The molecule has 23 heavy (non-hydrogen) atoms. The lowest BCUT2D eigenvalue weighted by molar-refractivity contribution is -0.104. The molecular weight excluding hydrogens is 288 g/mol. The molecule has 2 N–H and O–H groups in total. The first-order valence-corrected chi connectivity index (χ1v) is 9.40. The number of aliphatic hydroxyl groups excluding tert-OH is 2. The second-order valence-electron chi connectivity index (χ2n) is 8.17. The minimum atomic E-state index is -0.285. The van der Waals surface area contributed by atoms with Crippen LogP contribution in [0.4, 0.5) is 0 Å². The fraction of sp³-hybridized carbons (Fsp3) is 0.800. The van der Waals surface area contributed by atoms with Gasteiger partial charge in [-0.2, -0.15) is 0 Å². The van der Waals surface area contributed by atoms with Gasteiger partial charge in [0.1, 0.15) is 0 Å². The molecule has 6 atom stereocenters. The molecule has 6 unspecified atom stereocenters. The van der Waals surface area contributed by atoms with Crippen molar-refractivity contribution in [3.63, 3.8) is 0 Å². The lowest BCUT2D eigenvalue weighted by atomic mass is 9.52. The highest BCUT2D eigenvalue weighted by Crippen LogP contribution is 2.62. The van der Waals surface area contributed by atoms with Crippen LogP contribution in [0.5, 0.6) is 0 Å². The van der Waals surface area contributed by atoms with Crippen molar-refractivity contribution in [1.29, 1.82) is 0 Å². The van der Waals surface area contributed by atoms with Gasteiger partial charge in [-0.05, 0) is 62.9 Å². The van der Waals surface area contributed by atoms with Crippen molar-refractivity contribution >= 4 is 0 Å². The molecule has 0 aromatic heterocycles. The Labute approximate surface area is 139 Å². The van der Waals surface area contributed by atoms with E-state index in [1.54, 1.807) is 7.11 Å². The Morgan fingerprint density at radius 2 is 2.09 bits per heavy atom. The second-order valence-corrected chi connectivity index (χ2v) is 8.17. The van der Waals surface area contributed by atoms with E-state index in [1.807, 2.05) is 0 Å². The van der Waals surface area contributed by atoms with Crippen LogP contribution in [0.25, 0.3) is 0 Å². The first kappa shape index (κ1) is 15.7. The molecule has 0 spiro atoms. The van der Waals surface area contributed by atoms with Gasteiger partial charge in [-0.1, -0.05) is 18.1 Å². The maximum Gasteiger partial charge on any atom is 0.0959 e. The molecule has 2 saturated carbocycles. The molecule has 0 aromatic carbocycles. The second kappa shape index (κ2) is 5.63. The van der Waals surface area contributed by atoms with Crippen molar-refractivity contribution in [2.75, 3.05) is 7.11 Å². The Kier molecular flexibility index (Phi) is 3.85. The largest absolute Gasteiger partial charge is 0.501 e. The summed E-state index contributed by atoms with van der Waals surface area (Å²) in [4.78, 5) is 0. The number of hydrogen-bond acceptors (Lipinski definition) is 3. The highest BCUT2D eigenvalue weighted by atomic mass is 16.5. The summed E-state index contributed by atoms with van der Waals surface area (Å²) >= 11 is 0. The molecule has 0 aromatic rings. The summed E-state index contributed by atoms with van der Waals surface area (Å²) in [6.45, 7) is 2.20. The van der Waals surface area contributed by atoms with Gasteiger partial charge in [0.2, 0.25) is 0 Å². The van der Waals surface area contributed by atoms with Crippen LogP contribution in [0.1, 0.15) is 58.3 Å². The zero-order chi connectivity index (χ0) is 16.2. The molecule has 0 heterocycles. The van der Waals surface area contributed by atoms with Gasteiger partial charge in [0.05, 0.1) is 25.1 Å². The van der Waals surface area contributed by atoms with Crippen LogP contribution in [-0.2, 0) is 4.74 Å². The van der Waals surface area contributed by atoms with Gasteiger partial charge in [0.25, 0.3) is 0 Å². The third-order valence-electron chi connectivity index (χ3n) is 7.63. The van der Waals surface area contributed by atoms with Crippen molar-refractivity contribution in [1.82, 2.24) is 0 Å². The number of hydrogen-bond donors (Lipinski definition) is 2. The number of fused-ring (bicyclic) bond motifs is 4. The third-order valence-corrected chi connectivity index (χ3v) is 7.63. The quantitative estimate of drug-likeness (QED) is 0.765. The molecule has 4 aliphatic rings. The normalized spacial score (nSPS) is 45.9.